The van der Waals surface area contributed by atoms with Crippen LogP contribution < -0.4 is 20.1 Å². The smallest absolute Gasteiger partial charge is 0.213 e. The van der Waals surface area contributed by atoms with Gasteiger partial charge >= 0.3 is 0 Å². The van der Waals surface area contributed by atoms with Crippen LogP contribution in [0, 0.1) is 0 Å². The van der Waals surface area contributed by atoms with Gasteiger partial charge in [0.25, 0.3) is 0 Å². The maximum atomic E-state index is 6.25. The quantitative estimate of drug-likeness (QED) is 0.113. The molecule has 8 nitrogen and oxygen atoms in total. The maximum Gasteiger partial charge on any atom is 0.213 e. The molecule has 214 valence electrons. The summed E-state index contributed by atoms with van der Waals surface area (Å²) in [5.74, 6) is 1.11. The molecule has 4 heterocycles. The van der Waals surface area contributed by atoms with Crippen molar-refractivity contribution in [1.29, 1.82) is 0 Å². The molecule has 0 aliphatic rings. The average molecular weight is 602 g/mol. The van der Waals surface area contributed by atoms with Gasteiger partial charge in [-0.1, -0.05) is 36.0 Å². The van der Waals surface area contributed by atoms with Gasteiger partial charge in [-0.15, -0.1) is 0 Å². The molecule has 0 atom stereocenters. The van der Waals surface area contributed by atoms with Crippen LogP contribution in [0.3, 0.4) is 0 Å². The molecule has 10 heteroatoms. The number of anilines is 2. The molecule has 0 saturated heterocycles. The number of ether oxygens (including phenoxy) is 2. The second kappa shape index (κ2) is 12.4. The molecule has 4 aromatic heterocycles. The Labute approximate surface area is 253 Å². The predicted octanol–water partition coefficient (Wildman–Crippen LogP) is 8.29. The Morgan fingerprint density at radius 2 is 1.00 bits per heavy atom. The molecule has 6 rings (SSSR count). The third kappa shape index (κ3) is 5.78. The van der Waals surface area contributed by atoms with Crippen LogP contribution in [0.2, 0.25) is 10.0 Å². The first kappa shape index (κ1) is 28.0. The number of aromatic nitrogens is 4. The van der Waals surface area contributed by atoms with Gasteiger partial charge in [0.05, 0.1) is 47.7 Å². The number of benzene rings is 2. The second-order valence-corrected chi connectivity index (χ2v) is 10.9. The summed E-state index contributed by atoms with van der Waals surface area (Å²) >= 11 is 12.5. The maximum absolute atomic E-state index is 6.25. The number of fused-ring (bicyclic) bond motifs is 4. The Morgan fingerprint density at radius 3 is 1.43 bits per heavy atom. The zero-order valence-corrected chi connectivity index (χ0v) is 24.9. The first-order valence-corrected chi connectivity index (χ1v) is 14.7. The molecule has 0 bridgehead atoms. The summed E-state index contributed by atoms with van der Waals surface area (Å²) in [6.07, 6.45) is 4.19. The third-order valence-electron chi connectivity index (χ3n) is 7.24. The molecule has 0 fully saturated rings. The van der Waals surface area contributed by atoms with Gasteiger partial charge in [0.1, 0.15) is 11.0 Å². The number of halogens is 2. The van der Waals surface area contributed by atoms with E-state index in [9.17, 15) is 0 Å². The standard InChI is InChI=1S/C32H30Cl2N6O2/c1-41-27-13-11-23-31(39-27)29(21-9-7-19(33)17-25(21)37-23)35-15-5-3-4-6-16-36-30-22-10-8-20(34)18-26(22)38-24-12-14-28(42-2)40-32(24)30/h7-14,17-18H,3-6,15-16H2,1-2H3,(H,35,37)(H,36,38). The van der Waals surface area contributed by atoms with Crippen LogP contribution in [-0.4, -0.2) is 47.2 Å². The van der Waals surface area contributed by atoms with Gasteiger partial charge in [0, 0.05) is 46.0 Å². The molecule has 0 amide bonds. The van der Waals surface area contributed by atoms with E-state index in [2.05, 4.69) is 20.6 Å². The number of hydrogen-bond acceptors (Lipinski definition) is 8. The minimum absolute atomic E-state index is 0.555. The summed E-state index contributed by atoms with van der Waals surface area (Å²) in [7, 11) is 3.24. The molecule has 6 aromatic rings. The number of hydrogen-bond donors (Lipinski definition) is 2. The van der Waals surface area contributed by atoms with E-state index in [0.29, 0.717) is 21.8 Å². The number of unbranched alkanes of at least 4 members (excludes halogenated alkanes) is 3. The molecule has 42 heavy (non-hydrogen) atoms. The van der Waals surface area contributed by atoms with Gasteiger partial charge in [-0.25, -0.2) is 19.9 Å². The molecular formula is C32H30Cl2N6O2. The molecule has 0 aliphatic carbocycles. The van der Waals surface area contributed by atoms with E-state index in [0.717, 1.165) is 94.0 Å². The van der Waals surface area contributed by atoms with Gasteiger partial charge in [0.15, 0.2) is 0 Å². The Bertz CT molecular complexity index is 1780. The lowest BCUT2D eigenvalue weighted by atomic mass is 10.1. The minimum Gasteiger partial charge on any atom is -0.481 e. The van der Waals surface area contributed by atoms with Crippen LogP contribution >= 0.6 is 23.2 Å². The first-order valence-electron chi connectivity index (χ1n) is 13.9. The Kier molecular flexibility index (Phi) is 8.26. The van der Waals surface area contributed by atoms with Gasteiger partial charge in [-0.05, 0) is 61.4 Å². The number of nitrogens with one attached hydrogen (secondary N) is 2. The summed E-state index contributed by atoms with van der Waals surface area (Å²) in [4.78, 5) is 18.9. The Morgan fingerprint density at radius 1 is 0.548 bits per heavy atom. The van der Waals surface area contributed by atoms with E-state index in [-0.39, 0.29) is 0 Å². The van der Waals surface area contributed by atoms with Crippen LogP contribution in [0.1, 0.15) is 25.7 Å². The van der Waals surface area contributed by atoms with Crippen LogP contribution in [-0.2, 0) is 0 Å². The zero-order chi connectivity index (χ0) is 29.1. The molecule has 0 unspecified atom stereocenters. The van der Waals surface area contributed by atoms with E-state index in [4.69, 9.17) is 42.6 Å². The van der Waals surface area contributed by atoms with E-state index in [1.807, 2.05) is 60.7 Å². The summed E-state index contributed by atoms with van der Waals surface area (Å²) in [6.45, 7) is 1.63. The fourth-order valence-electron chi connectivity index (χ4n) is 5.16. The van der Waals surface area contributed by atoms with E-state index < -0.39 is 0 Å². The van der Waals surface area contributed by atoms with Crippen LogP contribution in [0.15, 0.2) is 60.7 Å². The monoisotopic (exact) mass is 600 g/mol. The highest BCUT2D eigenvalue weighted by molar-refractivity contribution is 6.32. The third-order valence-corrected chi connectivity index (χ3v) is 7.71. The van der Waals surface area contributed by atoms with Crippen molar-refractivity contribution in [3.05, 3.63) is 70.7 Å². The number of rotatable bonds is 11. The highest BCUT2D eigenvalue weighted by Crippen LogP contribution is 2.34. The highest BCUT2D eigenvalue weighted by atomic mass is 35.5. The van der Waals surface area contributed by atoms with Crippen molar-refractivity contribution < 1.29 is 9.47 Å². The molecule has 0 radical (unpaired) electrons. The summed E-state index contributed by atoms with van der Waals surface area (Å²) in [5, 5.41) is 10.5. The minimum atomic E-state index is 0.555. The first-order chi connectivity index (χ1) is 20.5. The van der Waals surface area contributed by atoms with Crippen molar-refractivity contribution in [3.8, 4) is 11.8 Å². The second-order valence-electron chi connectivity index (χ2n) is 10.0. The van der Waals surface area contributed by atoms with Crippen molar-refractivity contribution in [2.45, 2.75) is 25.7 Å². The molecule has 2 aromatic carbocycles. The SMILES string of the molecule is COc1ccc2nc3cc(Cl)ccc3c(NCCCCCCNc3c4ccc(Cl)cc4nc4ccc(OC)nc34)c2n1. The lowest BCUT2D eigenvalue weighted by Gasteiger charge is -2.14. The van der Waals surface area contributed by atoms with Crippen molar-refractivity contribution >= 4 is 78.4 Å². The normalized spacial score (nSPS) is 11.4. The van der Waals surface area contributed by atoms with E-state index in [1.165, 1.54) is 0 Å². The average Bonchev–Trinajstić information content (AvgIpc) is 3.00. The number of pyridine rings is 4. The number of methoxy groups -OCH3 is 2. The lowest BCUT2D eigenvalue weighted by Crippen LogP contribution is -2.06. The number of nitrogens with zero attached hydrogens (tertiary/aromatic N) is 4. The van der Waals surface area contributed by atoms with Gasteiger partial charge in [-0.3, -0.25) is 0 Å². The van der Waals surface area contributed by atoms with Gasteiger partial charge < -0.3 is 20.1 Å². The fourth-order valence-corrected chi connectivity index (χ4v) is 5.50. The van der Waals surface area contributed by atoms with Crippen LogP contribution in [0.4, 0.5) is 11.4 Å². The van der Waals surface area contributed by atoms with Gasteiger partial charge in [0.2, 0.25) is 11.8 Å². The topological polar surface area (TPSA) is 94.1 Å². The highest BCUT2D eigenvalue weighted by Gasteiger charge is 2.13. The Balaban J connectivity index is 1.09. The molecule has 0 saturated carbocycles. The van der Waals surface area contributed by atoms with E-state index >= 15 is 0 Å². The van der Waals surface area contributed by atoms with Crippen LogP contribution in [0.25, 0.3) is 43.9 Å². The fraction of sp³-hybridized carbons (Fsp3) is 0.250. The van der Waals surface area contributed by atoms with Crippen molar-refractivity contribution in [2.75, 3.05) is 37.9 Å². The molecule has 0 aliphatic heterocycles. The largest absolute Gasteiger partial charge is 0.481 e. The summed E-state index contributed by atoms with van der Waals surface area (Å²) < 4.78 is 10.7. The van der Waals surface area contributed by atoms with E-state index in [1.54, 1.807) is 14.2 Å². The van der Waals surface area contributed by atoms with Crippen molar-refractivity contribution in [2.24, 2.45) is 0 Å². The van der Waals surface area contributed by atoms with Gasteiger partial charge in [-0.2, -0.15) is 0 Å². The van der Waals surface area contributed by atoms with Crippen molar-refractivity contribution in [3.63, 3.8) is 0 Å². The van der Waals surface area contributed by atoms with Crippen molar-refractivity contribution in [1.82, 2.24) is 19.9 Å². The molecule has 2 N–H and O–H groups in total. The summed E-state index contributed by atoms with van der Waals surface area (Å²) in [5.41, 5.74) is 6.74. The molecular weight excluding hydrogens is 571 g/mol. The summed E-state index contributed by atoms with van der Waals surface area (Å²) in [6, 6.07) is 19.0. The zero-order valence-electron chi connectivity index (χ0n) is 23.4. The predicted molar refractivity (Wildman–Crippen MR) is 173 cm³/mol. The lowest BCUT2D eigenvalue weighted by molar-refractivity contribution is 0.399. The van der Waals surface area contributed by atoms with Crippen LogP contribution in [0.5, 0.6) is 11.8 Å². The Hall–Kier alpha value is -4.14. The molecule has 0 spiro atoms.